The van der Waals surface area contributed by atoms with Gasteiger partial charge in [-0.3, -0.25) is 4.90 Å². The van der Waals surface area contributed by atoms with E-state index in [-0.39, 0.29) is 0 Å². The Kier molecular flexibility index (Phi) is 7.34. The van der Waals surface area contributed by atoms with Gasteiger partial charge in [0, 0.05) is 31.7 Å². The van der Waals surface area contributed by atoms with Crippen LogP contribution in [0.3, 0.4) is 0 Å². The number of methoxy groups -OCH3 is 1. The molecule has 0 saturated carbocycles. The summed E-state index contributed by atoms with van der Waals surface area (Å²) in [6.45, 7) is 11.5. The average molecular weight is 320 g/mol. The first-order valence-corrected chi connectivity index (χ1v) is 8.79. The van der Waals surface area contributed by atoms with Crippen molar-refractivity contribution in [2.75, 3.05) is 40.0 Å². The van der Waals surface area contributed by atoms with Gasteiger partial charge in [0.25, 0.3) is 0 Å². The molecule has 0 aliphatic carbocycles. The Balaban J connectivity index is 2.04. The van der Waals surface area contributed by atoms with Gasteiger partial charge in [-0.05, 0) is 37.0 Å². The zero-order valence-corrected chi connectivity index (χ0v) is 15.0. The van der Waals surface area contributed by atoms with Gasteiger partial charge < -0.3 is 14.8 Å². The lowest BCUT2D eigenvalue weighted by atomic mass is 10.0. The van der Waals surface area contributed by atoms with E-state index in [4.69, 9.17) is 9.47 Å². The molecule has 4 heteroatoms. The molecule has 1 heterocycles. The number of benzene rings is 1. The largest absolute Gasteiger partial charge is 0.497 e. The molecule has 130 valence electrons. The minimum Gasteiger partial charge on any atom is -0.497 e. The highest BCUT2D eigenvalue weighted by Crippen LogP contribution is 2.24. The minimum absolute atomic E-state index is 0.388. The fourth-order valence-electron chi connectivity index (χ4n) is 3.28. The second-order valence-electron chi connectivity index (χ2n) is 6.88. The molecule has 2 atom stereocenters. The van der Waals surface area contributed by atoms with Crippen LogP contribution in [-0.2, 0) is 4.74 Å². The van der Waals surface area contributed by atoms with Gasteiger partial charge in [-0.15, -0.1) is 0 Å². The quantitative estimate of drug-likeness (QED) is 0.798. The topological polar surface area (TPSA) is 33.7 Å². The van der Waals surface area contributed by atoms with Crippen molar-refractivity contribution >= 4 is 0 Å². The van der Waals surface area contributed by atoms with Crippen molar-refractivity contribution in [2.24, 2.45) is 5.92 Å². The Hall–Kier alpha value is -1.10. The van der Waals surface area contributed by atoms with Crippen LogP contribution in [0.1, 0.15) is 38.8 Å². The highest BCUT2D eigenvalue weighted by Gasteiger charge is 2.23. The van der Waals surface area contributed by atoms with Crippen molar-refractivity contribution in [1.82, 2.24) is 10.2 Å². The van der Waals surface area contributed by atoms with E-state index in [2.05, 4.69) is 55.3 Å². The Morgan fingerprint density at radius 3 is 2.35 bits per heavy atom. The molecule has 0 aromatic heterocycles. The normalized spacial score (nSPS) is 18.8. The fourth-order valence-corrected chi connectivity index (χ4v) is 3.28. The summed E-state index contributed by atoms with van der Waals surface area (Å²) in [4.78, 5) is 2.53. The van der Waals surface area contributed by atoms with E-state index in [0.717, 1.165) is 44.5 Å². The van der Waals surface area contributed by atoms with Crippen LogP contribution in [0.2, 0.25) is 0 Å². The third kappa shape index (κ3) is 5.79. The molecule has 1 aliphatic rings. The second kappa shape index (κ2) is 9.26. The van der Waals surface area contributed by atoms with Gasteiger partial charge in [-0.1, -0.05) is 26.0 Å². The van der Waals surface area contributed by atoms with Gasteiger partial charge in [-0.2, -0.15) is 0 Å². The van der Waals surface area contributed by atoms with E-state index in [1.54, 1.807) is 7.11 Å². The molecule has 23 heavy (non-hydrogen) atoms. The Bertz CT molecular complexity index is 441. The molecule has 0 bridgehead atoms. The Morgan fingerprint density at radius 1 is 1.13 bits per heavy atom. The Morgan fingerprint density at radius 2 is 1.78 bits per heavy atom. The van der Waals surface area contributed by atoms with Gasteiger partial charge in [0.15, 0.2) is 0 Å². The van der Waals surface area contributed by atoms with Crippen LogP contribution in [0.4, 0.5) is 0 Å². The summed E-state index contributed by atoms with van der Waals surface area (Å²) in [6, 6.07) is 9.42. The minimum atomic E-state index is 0.388. The summed E-state index contributed by atoms with van der Waals surface area (Å²) in [5.41, 5.74) is 1.34. The van der Waals surface area contributed by atoms with Crippen molar-refractivity contribution in [3.05, 3.63) is 29.8 Å². The fraction of sp³-hybridized carbons (Fsp3) is 0.684. The van der Waals surface area contributed by atoms with Gasteiger partial charge in [-0.25, -0.2) is 0 Å². The van der Waals surface area contributed by atoms with Crippen LogP contribution >= 0.6 is 0 Å². The van der Waals surface area contributed by atoms with Crippen molar-refractivity contribution in [3.8, 4) is 5.75 Å². The van der Waals surface area contributed by atoms with Gasteiger partial charge in [0.05, 0.1) is 20.3 Å². The van der Waals surface area contributed by atoms with Gasteiger partial charge in [0.2, 0.25) is 0 Å². The van der Waals surface area contributed by atoms with E-state index >= 15 is 0 Å². The van der Waals surface area contributed by atoms with E-state index < -0.39 is 0 Å². The van der Waals surface area contributed by atoms with Crippen LogP contribution in [-0.4, -0.2) is 50.9 Å². The van der Waals surface area contributed by atoms with Crippen molar-refractivity contribution in [3.63, 3.8) is 0 Å². The first kappa shape index (κ1) is 18.2. The molecule has 0 radical (unpaired) electrons. The monoisotopic (exact) mass is 320 g/mol. The summed E-state index contributed by atoms with van der Waals surface area (Å²) < 4.78 is 10.8. The third-order valence-corrected chi connectivity index (χ3v) is 4.47. The highest BCUT2D eigenvalue weighted by atomic mass is 16.5. The first-order chi connectivity index (χ1) is 11.1. The average Bonchev–Trinajstić information content (AvgIpc) is 2.56. The maximum absolute atomic E-state index is 5.52. The molecule has 1 aromatic carbocycles. The molecule has 2 unspecified atom stereocenters. The number of hydrogen-bond donors (Lipinski definition) is 1. The first-order valence-electron chi connectivity index (χ1n) is 8.79. The number of nitrogens with zero attached hydrogens (tertiary/aromatic N) is 1. The molecule has 1 aliphatic heterocycles. The van der Waals surface area contributed by atoms with Crippen LogP contribution < -0.4 is 10.1 Å². The second-order valence-corrected chi connectivity index (χ2v) is 6.88. The zero-order valence-electron chi connectivity index (χ0n) is 15.0. The van der Waals surface area contributed by atoms with E-state index in [1.165, 1.54) is 12.0 Å². The van der Waals surface area contributed by atoms with Crippen molar-refractivity contribution in [1.29, 1.82) is 0 Å². The summed E-state index contributed by atoms with van der Waals surface area (Å²) >= 11 is 0. The van der Waals surface area contributed by atoms with Crippen LogP contribution in [0.15, 0.2) is 24.3 Å². The molecular formula is C19H32N2O2. The molecule has 1 N–H and O–H groups in total. The lowest BCUT2D eigenvalue weighted by Crippen LogP contribution is -2.44. The van der Waals surface area contributed by atoms with Crippen LogP contribution in [0.5, 0.6) is 5.75 Å². The number of morpholine rings is 1. The van der Waals surface area contributed by atoms with Gasteiger partial charge in [0.1, 0.15) is 5.75 Å². The summed E-state index contributed by atoms with van der Waals surface area (Å²) in [5.74, 6) is 1.64. The molecule has 0 spiro atoms. The molecule has 1 fully saturated rings. The van der Waals surface area contributed by atoms with Crippen LogP contribution in [0, 0.1) is 5.92 Å². The Labute approximate surface area is 141 Å². The molecule has 1 saturated heterocycles. The molecule has 1 aromatic rings. The molecular weight excluding hydrogens is 288 g/mol. The lowest BCUT2D eigenvalue weighted by Gasteiger charge is -2.35. The standard InChI is InChI=1S/C19H32N2O2/c1-15(2)13-16(3)20-14-19(21-9-11-23-12-10-21)17-5-7-18(22-4)8-6-17/h5-8,15-16,19-20H,9-14H2,1-4H3. The SMILES string of the molecule is COc1ccc(C(CNC(C)CC(C)C)N2CCOCC2)cc1. The van der Waals surface area contributed by atoms with Crippen LogP contribution in [0.25, 0.3) is 0 Å². The molecule has 2 rings (SSSR count). The molecule has 0 amide bonds. The number of ether oxygens (including phenoxy) is 2. The summed E-state index contributed by atoms with van der Waals surface area (Å²) in [7, 11) is 1.71. The predicted octanol–water partition coefficient (Wildman–Crippen LogP) is 3.09. The maximum atomic E-state index is 5.52. The summed E-state index contributed by atoms with van der Waals surface area (Å²) in [6.07, 6.45) is 1.21. The molecule has 4 nitrogen and oxygen atoms in total. The number of rotatable bonds is 8. The highest BCUT2D eigenvalue weighted by molar-refractivity contribution is 5.29. The van der Waals surface area contributed by atoms with Crippen molar-refractivity contribution < 1.29 is 9.47 Å². The van der Waals surface area contributed by atoms with E-state index in [9.17, 15) is 0 Å². The maximum Gasteiger partial charge on any atom is 0.118 e. The van der Waals surface area contributed by atoms with E-state index in [0.29, 0.717) is 12.1 Å². The van der Waals surface area contributed by atoms with Gasteiger partial charge >= 0.3 is 0 Å². The predicted molar refractivity (Wildman–Crippen MR) is 95.0 cm³/mol. The summed E-state index contributed by atoms with van der Waals surface area (Å²) in [5, 5.41) is 3.72. The smallest absolute Gasteiger partial charge is 0.118 e. The zero-order chi connectivity index (χ0) is 16.7. The number of nitrogens with one attached hydrogen (secondary N) is 1. The number of hydrogen-bond acceptors (Lipinski definition) is 4. The van der Waals surface area contributed by atoms with E-state index in [1.807, 2.05) is 0 Å². The van der Waals surface area contributed by atoms with Crippen molar-refractivity contribution in [2.45, 2.75) is 39.3 Å². The lowest BCUT2D eigenvalue weighted by molar-refractivity contribution is 0.0156. The third-order valence-electron chi connectivity index (χ3n) is 4.47.